The fraction of sp³-hybridized carbons (Fsp3) is 0.500. The molecule has 0 aliphatic carbocycles. The van der Waals surface area contributed by atoms with E-state index >= 15 is 0 Å². The highest BCUT2D eigenvalue weighted by Crippen LogP contribution is 2.21. The van der Waals surface area contributed by atoms with Crippen molar-refractivity contribution in [1.29, 1.82) is 0 Å². The molecule has 0 saturated heterocycles. The number of aryl methyl sites for hydroxylation is 1. The molecule has 2 aromatic rings. The zero-order chi connectivity index (χ0) is 12.4. The molecule has 0 aromatic carbocycles. The molecular formula is C12H15ClN4S. The van der Waals surface area contributed by atoms with Gasteiger partial charge >= 0.3 is 0 Å². The van der Waals surface area contributed by atoms with Gasteiger partial charge in [-0.1, -0.05) is 11.6 Å². The minimum absolute atomic E-state index is 0.766. The number of rotatable bonds is 4. The Labute approximate surface area is 115 Å². The largest absolute Gasteiger partial charge is 0.314 e. The van der Waals surface area contributed by atoms with Crippen molar-refractivity contribution in [2.75, 3.05) is 0 Å². The molecule has 0 fully saturated rings. The van der Waals surface area contributed by atoms with E-state index in [0.29, 0.717) is 0 Å². The number of nitrogens with zero attached hydrogens (tertiary/aromatic N) is 3. The first-order valence-electron chi connectivity index (χ1n) is 6.19. The maximum atomic E-state index is 5.90. The van der Waals surface area contributed by atoms with Gasteiger partial charge in [0, 0.05) is 24.4 Å². The van der Waals surface area contributed by atoms with E-state index in [1.165, 1.54) is 17.7 Å². The number of fused-ring (bicyclic) bond motifs is 1. The van der Waals surface area contributed by atoms with Crippen LogP contribution in [-0.4, -0.2) is 14.8 Å². The summed E-state index contributed by atoms with van der Waals surface area (Å²) in [6.07, 6.45) is 3.53. The standard InChI is InChI=1S/C12H15ClN4S/c13-10-5-4-9(18-10)7-14-8-12-16-15-11-3-1-2-6-17(11)12/h4-5,14H,1-3,6-8H2. The van der Waals surface area contributed by atoms with Crippen LogP contribution in [0.3, 0.4) is 0 Å². The molecule has 0 bridgehead atoms. The average molecular weight is 283 g/mol. The second kappa shape index (κ2) is 5.38. The molecule has 18 heavy (non-hydrogen) atoms. The van der Waals surface area contributed by atoms with Crippen LogP contribution < -0.4 is 5.32 Å². The molecule has 4 nitrogen and oxygen atoms in total. The van der Waals surface area contributed by atoms with Crippen molar-refractivity contribution >= 4 is 22.9 Å². The molecule has 0 saturated carbocycles. The molecule has 0 unspecified atom stereocenters. The lowest BCUT2D eigenvalue weighted by Gasteiger charge is -2.14. The maximum absolute atomic E-state index is 5.90. The van der Waals surface area contributed by atoms with Crippen LogP contribution in [0, 0.1) is 0 Å². The topological polar surface area (TPSA) is 42.7 Å². The van der Waals surface area contributed by atoms with Gasteiger partial charge in [-0.25, -0.2) is 0 Å². The highest BCUT2D eigenvalue weighted by Gasteiger charge is 2.14. The van der Waals surface area contributed by atoms with Crippen molar-refractivity contribution in [3.05, 3.63) is 33.0 Å². The van der Waals surface area contributed by atoms with Crippen molar-refractivity contribution in [3.63, 3.8) is 0 Å². The van der Waals surface area contributed by atoms with Gasteiger partial charge in [0.2, 0.25) is 0 Å². The van der Waals surface area contributed by atoms with Gasteiger partial charge in [-0.15, -0.1) is 21.5 Å². The van der Waals surface area contributed by atoms with E-state index in [1.54, 1.807) is 11.3 Å². The molecule has 0 spiro atoms. The summed E-state index contributed by atoms with van der Waals surface area (Å²) in [4.78, 5) is 1.25. The third-order valence-corrected chi connectivity index (χ3v) is 4.38. The second-order valence-corrected chi connectivity index (χ2v) is 6.25. The summed E-state index contributed by atoms with van der Waals surface area (Å²) in [5, 5.41) is 11.9. The smallest absolute Gasteiger partial charge is 0.147 e. The van der Waals surface area contributed by atoms with Crippen LogP contribution in [0.4, 0.5) is 0 Å². The van der Waals surface area contributed by atoms with Gasteiger partial charge in [0.25, 0.3) is 0 Å². The van der Waals surface area contributed by atoms with Gasteiger partial charge in [-0.3, -0.25) is 0 Å². The molecule has 6 heteroatoms. The van der Waals surface area contributed by atoms with E-state index in [9.17, 15) is 0 Å². The first kappa shape index (κ1) is 12.1. The van der Waals surface area contributed by atoms with E-state index < -0.39 is 0 Å². The first-order valence-corrected chi connectivity index (χ1v) is 7.38. The SMILES string of the molecule is Clc1ccc(CNCc2nnc3n2CCCC3)s1. The van der Waals surface area contributed by atoms with Crippen LogP contribution in [0.15, 0.2) is 12.1 Å². The zero-order valence-corrected chi connectivity index (χ0v) is 11.6. The second-order valence-electron chi connectivity index (χ2n) is 4.45. The predicted octanol–water partition coefficient (Wildman–Crippen LogP) is 2.62. The molecule has 1 aliphatic rings. The average Bonchev–Trinajstić information content (AvgIpc) is 2.97. The van der Waals surface area contributed by atoms with Crippen LogP contribution in [0.25, 0.3) is 0 Å². The molecule has 0 atom stereocenters. The molecule has 2 aromatic heterocycles. The van der Waals surface area contributed by atoms with Gasteiger partial charge in [0.05, 0.1) is 10.9 Å². The van der Waals surface area contributed by atoms with E-state index in [-0.39, 0.29) is 0 Å². The highest BCUT2D eigenvalue weighted by molar-refractivity contribution is 7.16. The number of nitrogens with one attached hydrogen (secondary N) is 1. The summed E-state index contributed by atoms with van der Waals surface area (Å²) in [6.45, 7) is 2.66. The maximum Gasteiger partial charge on any atom is 0.147 e. The molecule has 0 radical (unpaired) electrons. The summed E-state index contributed by atoms with van der Waals surface area (Å²) < 4.78 is 3.09. The predicted molar refractivity (Wildman–Crippen MR) is 72.8 cm³/mol. The normalized spacial score (nSPS) is 14.7. The molecule has 1 N–H and O–H groups in total. The summed E-state index contributed by atoms with van der Waals surface area (Å²) in [5.74, 6) is 2.18. The van der Waals surface area contributed by atoms with Crippen molar-refractivity contribution in [2.24, 2.45) is 0 Å². The van der Waals surface area contributed by atoms with Gasteiger partial charge in [-0.2, -0.15) is 0 Å². The fourth-order valence-electron chi connectivity index (χ4n) is 2.24. The third-order valence-electron chi connectivity index (χ3n) is 3.15. The molecule has 3 rings (SSSR count). The summed E-state index contributed by atoms with van der Waals surface area (Å²) in [5.41, 5.74) is 0. The van der Waals surface area contributed by atoms with Crippen LogP contribution in [0.2, 0.25) is 4.34 Å². The van der Waals surface area contributed by atoms with E-state index in [2.05, 4.69) is 26.1 Å². The Balaban J connectivity index is 1.58. The minimum atomic E-state index is 0.766. The van der Waals surface area contributed by atoms with E-state index in [1.807, 2.05) is 6.07 Å². The first-order chi connectivity index (χ1) is 8.83. The number of halogens is 1. The zero-order valence-electron chi connectivity index (χ0n) is 10.0. The Kier molecular flexibility index (Phi) is 3.63. The van der Waals surface area contributed by atoms with E-state index in [0.717, 1.165) is 42.0 Å². The van der Waals surface area contributed by atoms with Crippen molar-refractivity contribution in [1.82, 2.24) is 20.1 Å². The lowest BCUT2D eigenvalue weighted by atomic mass is 10.2. The number of hydrogen-bond acceptors (Lipinski definition) is 4. The van der Waals surface area contributed by atoms with Crippen molar-refractivity contribution in [2.45, 2.75) is 38.9 Å². The van der Waals surface area contributed by atoms with Gasteiger partial charge < -0.3 is 9.88 Å². The van der Waals surface area contributed by atoms with Gasteiger partial charge in [0.15, 0.2) is 0 Å². The number of aromatic nitrogens is 3. The lowest BCUT2D eigenvalue weighted by molar-refractivity contribution is 0.497. The van der Waals surface area contributed by atoms with Crippen LogP contribution >= 0.6 is 22.9 Å². The summed E-state index contributed by atoms with van der Waals surface area (Å²) >= 11 is 7.51. The van der Waals surface area contributed by atoms with E-state index in [4.69, 9.17) is 11.6 Å². The third kappa shape index (κ3) is 2.58. The lowest BCUT2D eigenvalue weighted by Crippen LogP contribution is -2.19. The minimum Gasteiger partial charge on any atom is -0.314 e. The molecular weight excluding hydrogens is 268 g/mol. The van der Waals surface area contributed by atoms with Crippen molar-refractivity contribution < 1.29 is 0 Å². The molecule has 3 heterocycles. The van der Waals surface area contributed by atoms with Crippen LogP contribution in [-0.2, 0) is 26.1 Å². The Morgan fingerprint density at radius 2 is 2.22 bits per heavy atom. The Morgan fingerprint density at radius 3 is 3.06 bits per heavy atom. The number of thiophene rings is 1. The fourth-order valence-corrected chi connectivity index (χ4v) is 3.30. The van der Waals surface area contributed by atoms with Gasteiger partial charge in [0.1, 0.15) is 11.6 Å². The number of hydrogen-bond donors (Lipinski definition) is 1. The summed E-state index contributed by atoms with van der Waals surface area (Å²) in [7, 11) is 0. The molecule has 1 aliphatic heterocycles. The van der Waals surface area contributed by atoms with Gasteiger partial charge in [-0.05, 0) is 25.0 Å². The molecule has 96 valence electrons. The Bertz CT molecular complexity index is 534. The quantitative estimate of drug-likeness (QED) is 0.937. The Hall–Kier alpha value is -0.910. The molecule has 0 amide bonds. The highest BCUT2D eigenvalue weighted by atomic mass is 35.5. The monoisotopic (exact) mass is 282 g/mol. The van der Waals surface area contributed by atoms with Crippen LogP contribution in [0.5, 0.6) is 0 Å². The van der Waals surface area contributed by atoms with Crippen molar-refractivity contribution in [3.8, 4) is 0 Å². The Morgan fingerprint density at radius 1 is 1.28 bits per heavy atom. The summed E-state index contributed by atoms with van der Waals surface area (Å²) in [6, 6.07) is 3.99. The van der Waals surface area contributed by atoms with Crippen LogP contribution in [0.1, 0.15) is 29.4 Å².